The minimum Gasteiger partial charge on any atom is -0.316 e. The van der Waals surface area contributed by atoms with Crippen LogP contribution in [0.25, 0.3) is 15.1 Å². The average Bonchev–Trinajstić information content (AvgIpc) is 2.57. The number of fused-ring (bicyclic) bond motifs is 1. The summed E-state index contributed by atoms with van der Waals surface area (Å²) in [6, 6.07) is 8.07. The van der Waals surface area contributed by atoms with E-state index in [1.54, 1.807) is 11.3 Å². The van der Waals surface area contributed by atoms with Crippen molar-refractivity contribution >= 4 is 21.6 Å². The molecule has 0 amide bonds. The molecule has 0 fully saturated rings. The van der Waals surface area contributed by atoms with Gasteiger partial charge >= 0.3 is 0 Å². The normalized spacial score (nSPS) is 10.1. The van der Waals surface area contributed by atoms with Gasteiger partial charge in [0.25, 0.3) is 0 Å². The Morgan fingerprint density at radius 1 is 1.38 bits per heavy atom. The number of aromatic nitrogens is 1. The number of benzene rings is 1. The SMILES string of the molecule is [C-]#[N+]CCc1nc2ccccc2s1. The van der Waals surface area contributed by atoms with Crippen molar-refractivity contribution in [2.24, 2.45) is 0 Å². The summed E-state index contributed by atoms with van der Waals surface area (Å²) in [7, 11) is 0. The van der Waals surface area contributed by atoms with E-state index in [0.29, 0.717) is 6.54 Å². The predicted octanol–water partition coefficient (Wildman–Crippen LogP) is 2.76. The molecule has 0 aliphatic rings. The minimum atomic E-state index is 0.541. The van der Waals surface area contributed by atoms with Crippen molar-refractivity contribution in [2.75, 3.05) is 6.54 Å². The van der Waals surface area contributed by atoms with Crippen LogP contribution in [0.5, 0.6) is 0 Å². The summed E-state index contributed by atoms with van der Waals surface area (Å²) in [6.45, 7) is 7.23. The number of thiazole rings is 1. The van der Waals surface area contributed by atoms with Crippen LogP contribution < -0.4 is 0 Å². The number of para-hydroxylation sites is 1. The first-order valence-corrected chi connectivity index (χ1v) is 4.89. The molecular formula is C10H8N2S. The summed E-state index contributed by atoms with van der Waals surface area (Å²) in [5.41, 5.74) is 1.05. The lowest BCUT2D eigenvalue weighted by Gasteiger charge is -1.82. The van der Waals surface area contributed by atoms with Crippen LogP contribution in [-0.2, 0) is 6.42 Å². The second-order valence-corrected chi connectivity index (χ2v) is 3.82. The summed E-state index contributed by atoms with van der Waals surface area (Å²) in [5, 5.41) is 1.07. The number of nitrogens with zero attached hydrogens (tertiary/aromatic N) is 2. The Morgan fingerprint density at radius 2 is 2.23 bits per heavy atom. The fourth-order valence-electron chi connectivity index (χ4n) is 1.18. The van der Waals surface area contributed by atoms with Gasteiger partial charge in [-0.2, -0.15) is 0 Å². The van der Waals surface area contributed by atoms with Crippen LogP contribution in [0.1, 0.15) is 5.01 Å². The molecule has 0 spiro atoms. The lowest BCUT2D eigenvalue weighted by molar-refractivity contribution is 1.06. The molecule has 0 atom stereocenters. The second kappa shape index (κ2) is 3.55. The van der Waals surface area contributed by atoms with Crippen molar-refractivity contribution in [1.82, 2.24) is 4.98 Å². The molecule has 0 saturated carbocycles. The number of hydrogen-bond acceptors (Lipinski definition) is 2. The molecule has 2 aromatic rings. The van der Waals surface area contributed by atoms with E-state index < -0.39 is 0 Å². The van der Waals surface area contributed by atoms with Crippen LogP contribution in [-0.4, -0.2) is 11.5 Å². The molecule has 0 aliphatic carbocycles. The standard InChI is InChI=1S/C10H8N2S/c1-11-7-6-10-12-8-4-2-3-5-9(8)13-10/h2-5H,6-7H2. The molecule has 2 nitrogen and oxygen atoms in total. The molecule has 1 aromatic heterocycles. The van der Waals surface area contributed by atoms with E-state index in [0.717, 1.165) is 16.9 Å². The quantitative estimate of drug-likeness (QED) is 0.662. The first-order chi connectivity index (χ1) is 6.40. The maximum Gasteiger partial charge on any atom is 0.221 e. The smallest absolute Gasteiger partial charge is 0.221 e. The first kappa shape index (κ1) is 8.21. The lowest BCUT2D eigenvalue weighted by atomic mass is 10.3. The van der Waals surface area contributed by atoms with Crippen LogP contribution in [0.2, 0.25) is 0 Å². The summed E-state index contributed by atoms with van der Waals surface area (Å²) < 4.78 is 1.21. The molecule has 3 heteroatoms. The molecule has 0 bridgehead atoms. The first-order valence-electron chi connectivity index (χ1n) is 4.08. The highest BCUT2D eigenvalue weighted by atomic mass is 32.1. The Labute approximate surface area is 80.7 Å². The molecule has 0 aliphatic heterocycles. The molecule has 64 valence electrons. The third-order valence-electron chi connectivity index (χ3n) is 1.78. The van der Waals surface area contributed by atoms with Gasteiger partial charge in [-0.05, 0) is 12.1 Å². The zero-order valence-electron chi connectivity index (χ0n) is 7.03. The third kappa shape index (κ3) is 1.68. The van der Waals surface area contributed by atoms with Crippen LogP contribution in [0.3, 0.4) is 0 Å². The highest BCUT2D eigenvalue weighted by Crippen LogP contribution is 2.21. The molecule has 0 unspecified atom stereocenters. The average molecular weight is 188 g/mol. The van der Waals surface area contributed by atoms with E-state index in [9.17, 15) is 0 Å². The molecule has 2 rings (SSSR count). The summed E-state index contributed by atoms with van der Waals surface area (Å²) in [6.07, 6.45) is 0.781. The van der Waals surface area contributed by atoms with Crippen LogP contribution in [0, 0.1) is 6.57 Å². The topological polar surface area (TPSA) is 17.2 Å². The van der Waals surface area contributed by atoms with Gasteiger partial charge in [-0.25, -0.2) is 11.6 Å². The van der Waals surface area contributed by atoms with Gasteiger partial charge in [-0.15, -0.1) is 11.3 Å². The second-order valence-electron chi connectivity index (χ2n) is 2.71. The monoisotopic (exact) mass is 188 g/mol. The van der Waals surface area contributed by atoms with E-state index in [4.69, 9.17) is 6.57 Å². The Bertz CT molecular complexity index is 420. The molecule has 1 aromatic carbocycles. The Kier molecular flexibility index (Phi) is 2.24. The van der Waals surface area contributed by atoms with Gasteiger partial charge in [0.2, 0.25) is 6.54 Å². The summed E-state index contributed by atoms with van der Waals surface area (Å²) >= 11 is 1.68. The number of rotatable bonds is 2. The Balaban J connectivity index is 2.34. The van der Waals surface area contributed by atoms with E-state index in [1.165, 1.54) is 4.70 Å². The van der Waals surface area contributed by atoms with Gasteiger partial charge in [0.15, 0.2) is 0 Å². The molecule has 1 heterocycles. The lowest BCUT2D eigenvalue weighted by Crippen LogP contribution is -1.84. The van der Waals surface area contributed by atoms with Crippen molar-refractivity contribution in [3.05, 3.63) is 40.7 Å². The fraction of sp³-hybridized carbons (Fsp3) is 0.200. The third-order valence-corrected chi connectivity index (χ3v) is 2.87. The Hall–Kier alpha value is -1.40. The van der Waals surface area contributed by atoms with Crippen LogP contribution in [0.15, 0.2) is 24.3 Å². The summed E-state index contributed by atoms with van der Waals surface area (Å²) in [5.74, 6) is 0. The van der Waals surface area contributed by atoms with Crippen molar-refractivity contribution in [2.45, 2.75) is 6.42 Å². The zero-order valence-corrected chi connectivity index (χ0v) is 7.84. The van der Waals surface area contributed by atoms with Gasteiger partial charge < -0.3 is 4.85 Å². The van der Waals surface area contributed by atoms with E-state index in [-0.39, 0.29) is 0 Å². The molecule has 0 N–H and O–H groups in total. The zero-order chi connectivity index (χ0) is 9.10. The van der Waals surface area contributed by atoms with Crippen LogP contribution in [0.4, 0.5) is 0 Å². The van der Waals surface area contributed by atoms with Gasteiger partial charge in [-0.1, -0.05) is 12.1 Å². The van der Waals surface area contributed by atoms with Crippen LogP contribution >= 0.6 is 11.3 Å². The van der Waals surface area contributed by atoms with Crippen molar-refractivity contribution in [3.63, 3.8) is 0 Å². The Morgan fingerprint density at radius 3 is 3.00 bits per heavy atom. The van der Waals surface area contributed by atoms with Gasteiger partial charge in [-0.3, -0.25) is 0 Å². The molecule has 0 saturated heterocycles. The number of hydrogen-bond donors (Lipinski definition) is 0. The summed E-state index contributed by atoms with van der Waals surface area (Å²) in [4.78, 5) is 7.74. The maximum absolute atomic E-state index is 6.69. The largest absolute Gasteiger partial charge is 0.316 e. The van der Waals surface area contributed by atoms with Crippen molar-refractivity contribution < 1.29 is 0 Å². The van der Waals surface area contributed by atoms with Gasteiger partial charge in [0.1, 0.15) is 5.01 Å². The minimum absolute atomic E-state index is 0.541. The molecular weight excluding hydrogens is 180 g/mol. The van der Waals surface area contributed by atoms with Gasteiger partial charge in [0.05, 0.1) is 16.6 Å². The van der Waals surface area contributed by atoms with E-state index >= 15 is 0 Å². The van der Waals surface area contributed by atoms with Gasteiger partial charge in [0, 0.05) is 0 Å². The van der Waals surface area contributed by atoms with Crippen molar-refractivity contribution in [3.8, 4) is 0 Å². The van der Waals surface area contributed by atoms with Crippen molar-refractivity contribution in [1.29, 1.82) is 0 Å². The predicted molar refractivity (Wildman–Crippen MR) is 54.8 cm³/mol. The van der Waals surface area contributed by atoms with E-state index in [1.807, 2.05) is 18.2 Å². The highest BCUT2D eigenvalue weighted by Gasteiger charge is 2.02. The highest BCUT2D eigenvalue weighted by molar-refractivity contribution is 7.18. The van der Waals surface area contributed by atoms with E-state index in [2.05, 4.69) is 15.9 Å². The molecule has 13 heavy (non-hydrogen) atoms. The fourth-order valence-corrected chi connectivity index (χ4v) is 2.13. The maximum atomic E-state index is 6.69. The molecule has 0 radical (unpaired) electrons.